The maximum Gasteiger partial charge on any atom is 0.440 e. The van der Waals surface area contributed by atoms with Crippen molar-refractivity contribution in [3.8, 4) is 0 Å². The minimum absolute atomic E-state index is 0.0139. The van der Waals surface area contributed by atoms with E-state index in [1.165, 1.54) is 12.1 Å². The number of anilines is 1. The number of rotatable bonds is 1. The molecule has 0 atom stereocenters. The fourth-order valence-corrected chi connectivity index (χ4v) is 0.669. The van der Waals surface area contributed by atoms with E-state index in [0.29, 0.717) is 0 Å². The van der Waals surface area contributed by atoms with E-state index in [1.54, 1.807) is 18.2 Å². The Bertz CT molecular complexity index is 250. The summed E-state index contributed by atoms with van der Waals surface area (Å²) in [5.41, 5.74) is 0.0139. The number of hydrogen-bond donors (Lipinski definition) is 1. The summed E-state index contributed by atoms with van der Waals surface area (Å²) in [6.45, 7) is 0. The molecule has 1 amide bonds. The zero-order chi connectivity index (χ0) is 8.27. The molecule has 1 aromatic rings. The Balaban J connectivity index is 2.85. The van der Waals surface area contributed by atoms with Crippen LogP contribution in [0.5, 0.6) is 0 Å². The molecule has 0 spiro atoms. The molecular formula is C7H6FNO2. The van der Waals surface area contributed by atoms with E-state index in [-0.39, 0.29) is 10.8 Å². The van der Waals surface area contributed by atoms with Crippen molar-refractivity contribution in [3.05, 3.63) is 30.3 Å². The Morgan fingerprint density at radius 2 is 1.91 bits per heavy atom. The first kappa shape index (κ1) is 7.53. The second-order valence-corrected chi connectivity index (χ2v) is 1.90. The van der Waals surface area contributed by atoms with Crippen molar-refractivity contribution in [2.75, 3.05) is 5.12 Å². The first-order valence-electron chi connectivity index (χ1n) is 2.95. The van der Waals surface area contributed by atoms with Gasteiger partial charge in [-0.1, -0.05) is 22.7 Å². The van der Waals surface area contributed by atoms with Crippen molar-refractivity contribution in [2.45, 2.75) is 0 Å². The standard InChI is InChI=1S/C7H6FNO2/c8-9(7(10)11)6-4-2-1-3-5-6/h1-5H,(H,10,11). The molecule has 58 valence electrons. The fourth-order valence-electron chi connectivity index (χ4n) is 0.669. The van der Waals surface area contributed by atoms with Gasteiger partial charge in [0.15, 0.2) is 0 Å². The van der Waals surface area contributed by atoms with Crippen molar-refractivity contribution in [2.24, 2.45) is 0 Å². The summed E-state index contributed by atoms with van der Waals surface area (Å²) in [6, 6.07) is 7.54. The lowest BCUT2D eigenvalue weighted by molar-refractivity contribution is 0.186. The van der Waals surface area contributed by atoms with Crippen molar-refractivity contribution in [1.82, 2.24) is 0 Å². The third kappa shape index (κ3) is 1.67. The minimum Gasteiger partial charge on any atom is -0.463 e. The van der Waals surface area contributed by atoms with Gasteiger partial charge in [0.25, 0.3) is 0 Å². The molecule has 3 nitrogen and oxygen atoms in total. The number of halogens is 1. The van der Waals surface area contributed by atoms with E-state index >= 15 is 0 Å². The molecule has 1 N–H and O–H groups in total. The summed E-state index contributed by atoms with van der Waals surface area (Å²) in [4.78, 5) is 10.1. The van der Waals surface area contributed by atoms with Crippen LogP contribution in [-0.2, 0) is 0 Å². The van der Waals surface area contributed by atoms with Gasteiger partial charge < -0.3 is 5.11 Å². The highest BCUT2D eigenvalue weighted by atomic mass is 19.2. The molecule has 11 heavy (non-hydrogen) atoms. The summed E-state index contributed by atoms with van der Waals surface area (Å²) in [6.07, 6.45) is -1.61. The molecule has 0 unspecified atom stereocenters. The van der Waals surface area contributed by atoms with Crippen molar-refractivity contribution in [1.29, 1.82) is 0 Å². The van der Waals surface area contributed by atoms with E-state index < -0.39 is 6.09 Å². The van der Waals surface area contributed by atoms with Crippen LogP contribution in [0, 0.1) is 0 Å². The molecule has 1 rings (SSSR count). The molecule has 0 radical (unpaired) electrons. The number of carbonyl (C=O) groups is 1. The number of amides is 1. The molecule has 0 heterocycles. The molecule has 0 aliphatic carbocycles. The predicted octanol–water partition coefficient (Wildman–Crippen LogP) is 2.06. The summed E-state index contributed by atoms with van der Waals surface area (Å²) < 4.78 is 12.5. The lowest BCUT2D eigenvalue weighted by Crippen LogP contribution is -2.18. The van der Waals surface area contributed by atoms with Gasteiger partial charge >= 0.3 is 6.09 Å². The van der Waals surface area contributed by atoms with E-state index in [1.807, 2.05) is 0 Å². The summed E-state index contributed by atoms with van der Waals surface area (Å²) >= 11 is 0. The Morgan fingerprint density at radius 1 is 1.36 bits per heavy atom. The first-order valence-corrected chi connectivity index (χ1v) is 2.95. The molecule has 0 bridgehead atoms. The van der Waals surface area contributed by atoms with Crippen molar-refractivity contribution in [3.63, 3.8) is 0 Å². The Labute approximate surface area is 62.6 Å². The predicted molar refractivity (Wildman–Crippen MR) is 38.1 cm³/mol. The highest BCUT2D eigenvalue weighted by Crippen LogP contribution is 2.12. The monoisotopic (exact) mass is 155 g/mol. The molecule has 0 aliphatic heterocycles. The number of para-hydroxylation sites is 1. The summed E-state index contributed by atoms with van der Waals surface area (Å²) in [5, 5.41) is 7.85. The van der Waals surface area contributed by atoms with Gasteiger partial charge in [-0.25, -0.2) is 4.79 Å². The van der Waals surface area contributed by atoms with E-state index in [2.05, 4.69) is 0 Å². The van der Waals surface area contributed by atoms with E-state index in [0.717, 1.165) is 0 Å². The van der Waals surface area contributed by atoms with Crippen LogP contribution in [0.1, 0.15) is 0 Å². The second-order valence-electron chi connectivity index (χ2n) is 1.90. The Kier molecular flexibility index (Phi) is 2.06. The number of benzene rings is 1. The zero-order valence-corrected chi connectivity index (χ0v) is 5.57. The third-order valence-electron chi connectivity index (χ3n) is 1.15. The molecule has 4 heteroatoms. The van der Waals surface area contributed by atoms with Crippen molar-refractivity contribution >= 4 is 11.8 Å². The highest BCUT2D eigenvalue weighted by molar-refractivity contribution is 5.83. The zero-order valence-electron chi connectivity index (χ0n) is 5.57. The van der Waals surface area contributed by atoms with E-state index in [9.17, 15) is 9.28 Å². The summed E-state index contributed by atoms with van der Waals surface area (Å²) in [7, 11) is 0. The Hall–Kier alpha value is -1.58. The average molecular weight is 155 g/mol. The number of hydrogen-bond acceptors (Lipinski definition) is 1. The average Bonchev–Trinajstić information content (AvgIpc) is 2.05. The van der Waals surface area contributed by atoms with E-state index in [4.69, 9.17) is 5.11 Å². The minimum atomic E-state index is -1.61. The topological polar surface area (TPSA) is 40.5 Å². The van der Waals surface area contributed by atoms with Crippen LogP contribution in [0.4, 0.5) is 15.0 Å². The lowest BCUT2D eigenvalue weighted by Gasteiger charge is -2.05. The van der Waals surface area contributed by atoms with Crippen molar-refractivity contribution < 1.29 is 14.4 Å². The first-order chi connectivity index (χ1) is 5.22. The summed E-state index contributed by atoms with van der Waals surface area (Å²) in [5.74, 6) is 0. The smallest absolute Gasteiger partial charge is 0.440 e. The second kappa shape index (κ2) is 3.01. The number of carboxylic acid groups (broad SMARTS) is 1. The fraction of sp³-hybridized carbons (Fsp3) is 0. The van der Waals surface area contributed by atoms with Gasteiger partial charge in [-0.3, -0.25) is 0 Å². The van der Waals surface area contributed by atoms with Crippen LogP contribution >= 0.6 is 0 Å². The molecule has 1 aromatic carbocycles. The van der Waals surface area contributed by atoms with Gasteiger partial charge in [-0.2, -0.15) is 0 Å². The van der Waals surface area contributed by atoms with Crippen LogP contribution in [-0.4, -0.2) is 11.2 Å². The van der Waals surface area contributed by atoms with Crippen LogP contribution in [0.2, 0.25) is 0 Å². The SMILES string of the molecule is O=C(O)N(F)c1ccccc1. The van der Waals surface area contributed by atoms with Gasteiger partial charge in [-0.15, -0.1) is 5.12 Å². The van der Waals surface area contributed by atoms with Crippen LogP contribution in [0.3, 0.4) is 0 Å². The van der Waals surface area contributed by atoms with Gasteiger partial charge in [0.2, 0.25) is 0 Å². The quantitative estimate of drug-likeness (QED) is 0.630. The van der Waals surface area contributed by atoms with Gasteiger partial charge in [-0.05, 0) is 12.1 Å². The molecular weight excluding hydrogens is 149 g/mol. The normalized spacial score (nSPS) is 9.18. The number of nitrogens with zero attached hydrogens (tertiary/aromatic N) is 1. The molecule has 0 saturated carbocycles. The molecule has 0 fully saturated rings. The Morgan fingerprint density at radius 3 is 2.36 bits per heavy atom. The maximum atomic E-state index is 12.5. The maximum absolute atomic E-state index is 12.5. The van der Waals surface area contributed by atoms with Crippen LogP contribution < -0.4 is 5.12 Å². The van der Waals surface area contributed by atoms with Crippen LogP contribution in [0.25, 0.3) is 0 Å². The van der Waals surface area contributed by atoms with Gasteiger partial charge in [0, 0.05) is 0 Å². The largest absolute Gasteiger partial charge is 0.463 e. The molecule has 0 aliphatic rings. The highest BCUT2D eigenvalue weighted by Gasteiger charge is 2.11. The van der Waals surface area contributed by atoms with Crippen LogP contribution in [0.15, 0.2) is 30.3 Å². The molecule has 0 aromatic heterocycles. The van der Waals surface area contributed by atoms with Gasteiger partial charge in [0.1, 0.15) is 0 Å². The molecule has 0 saturated heterocycles. The lowest BCUT2D eigenvalue weighted by atomic mass is 10.3. The third-order valence-corrected chi connectivity index (χ3v) is 1.15. The van der Waals surface area contributed by atoms with Gasteiger partial charge in [0.05, 0.1) is 5.69 Å².